The van der Waals surface area contributed by atoms with Crippen molar-refractivity contribution in [3.05, 3.63) is 10.6 Å². The van der Waals surface area contributed by atoms with Crippen LogP contribution >= 0.6 is 11.6 Å². The largest absolute Gasteiger partial charge is 0.465 e. The molecule has 0 aliphatic heterocycles. The standard InChI is InChI=1S/C13H23ClO2/c1-4-5-6-7-8-9-10-11(2)12(14)13(15)16-3/h4-10H2,1-3H3/b12-11-. The molecule has 3 heteroatoms. The summed E-state index contributed by atoms with van der Waals surface area (Å²) in [7, 11) is 1.35. The Bertz CT molecular complexity index is 234. The second-order valence-electron chi connectivity index (χ2n) is 4.10. The van der Waals surface area contributed by atoms with Crippen molar-refractivity contribution in [1.82, 2.24) is 0 Å². The molecule has 0 aromatic heterocycles. The molecule has 0 aliphatic carbocycles. The predicted octanol–water partition coefficient (Wildman–Crippen LogP) is 4.42. The molecule has 0 saturated carbocycles. The van der Waals surface area contributed by atoms with E-state index in [1.54, 1.807) is 0 Å². The average molecular weight is 247 g/mol. The first-order valence-corrected chi connectivity index (χ1v) is 6.44. The highest BCUT2D eigenvalue weighted by Gasteiger charge is 2.09. The summed E-state index contributed by atoms with van der Waals surface area (Å²) in [6.45, 7) is 4.11. The van der Waals surface area contributed by atoms with Crippen molar-refractivity contribution in [2.24, 2.45) is 0 Å². The van der Waals surface area contributed by atoms with Crippen LogP contribution in [-0.2, 0) is 9.53 Å². The quantitative estimate of drug-likeness (QED) is 0.360. The summed E-state index contributed by atoms with van der Waals surface area (Å²) < 4.78 is 4.56. The molecule has 0 radical (unpaired) electrons. The molecule has 2 nitrogen and oxygen atoms in total. The molecule has 94 valence electrons. The number of ether oxygens (including phenoxy) is 1. The van der Waals surface area contributed by atoms with Crippen LogP contribution < -0.4 is 0 Å². The van der Waals surface area contributed by atoms with Gasteiger partial charge in [0.25, 0.3) is 0 Å². The molecule has 16 heavy (non-hydrogen) atoms. The minimum Gasteiger partial charge on any atom is -0.465 e. The van der Waals surface area contributed by atoms with Crippen LogP contribution in [-0.4, -0.2) is 13.1 Å². The van der Waals surface area contributed by atoms with Gasteiger partial charge in [-0.2, -0.15) is 0 Å². The zero-order valence-corrected chi connectivity index (χ0v) is 11.4. The molecular formula is C13H23ClO2. The van der Waals surface area contributed by atoms with Gasteiger partial charge in [-0.15, -0.1) is 0 Å². The average Bonchev–Trinajstić information content (AvgIpc) is 2.31. The highest BCUT2D eigenvalue weighted by molar-refractivity contribution is 6.41. The van der Waals surface area contributed by atoms with E-state index in [1.165, 1.54) is 39.2 Å². The third-order valence-electron chi connectivity index (χ3n) is 2.64. The van der Waals surface area contributed by atoms with E-state index in [1.807, 2.05) is 6.92 Å². The highest BCUT2D eigenvalue weighted by Crippen LogP contribution is 2.18. The van der Waals surface area contributed by atoms with E-state index in [-0.39, 0.29) is 5.03 Å². The smallest absolute Gasteiger partial charge is 0.349 e. The second-order valence-corrected chi connectivity index (χ2v) is 4.48. The Kier molecular flexibility index (Phi) is 9.40. The number of hydrogen-bond acceptors (Lipinski definition) is 2. The number of methoxy groups -OCH3 is 1. The van der Waals surface area contributed by atoms with Gasteiger partial charge in [-0.1, -0.05) is 50.6 Å². The van der Waals surface area contributed by atoms with Gasteiger partial charge in [-0.3, -0.25) is 0 Å². The van der Waals surface area contributed by atoms with Crippen LogP contribution in [0.5, 0.6) is 0 Å². The molecule has 0 heterocycles. The van der Waals surface area contributed by atoms with E-state index in [0.717, 1.165) is 18.4 Å². The molecule has 0 spiro atoms. The number of carbonyl (C=O) groups excluding carboxylic acids is 1. The van der Waals surface area contributed by atoms with Crippen molar-refractivity contribution in [2.45, 2.75) is 58.8 Å². The number of esters is 1. The van der Waals surface area contributed by atoms with Crippen molar-refractivity contribution in [2.75, 3.05) is 7.11 Å². The lowest BCUT2D eigenvalue weighted by Crippen LogP contribution is -2.02. The maximum atomic E-state index is 11.1. The monoisotopic (exact) mass is 246 g/mol. The van der Waals surface area contributed by atoms with E-state index in [0.29, 0.717) is 0 Å². The molecule has 0 aromatic rings. The molecule has 0 fully saturated rings. The summed E-state index contributed by atoms with van der Waals surface area (Å²) in [4.78, 5) is 11.1. The van der Waals surface area contributed by atoms with E-state index in [9.17, 15) is 4.79 Å². The Balaban J connectivity index is 3.71. The Morgan fingerprint density at radius 1 is 1.12 bits per heavy atom. The molecule has 0 saturated heterocycles. The first-order chi connectivity index (χ1) is 7.63. The van der Waals surface area contributed by atoms with Crippen molar-refractivity contribution < 1.29 is 9.53 Å². The van der Waals surface area contributed by atoms with Crippen LogP contribution in [0.1, 0.15) is 58.8 Å². The molecule has 0 aromatic carbocycles. The molecular weight excluding hydrogens is 224 g/mol. The summed E-state index contributed by atoms with van der Waals surface area (Å²) >= 11 is 5.85. The molecule has 0 unspecified atom stereocenters. The van der Waals surface area contributed by atoms with Gasteiger partial charge in [0.05, 0.1) is 7.11 Å². The van der Waals surface area contributed by atoms with Crippen molar-refractivity contribution in [1.29, 1.82) is 0 Å². The third-order valence-corrected chi connectivity index (χ3v) is 3.12. The van der Waals surface area contributed by atoms with Gasteiger partial charge in [-0.25, -0.2) is 4.79 Å². The number of rotatable bonds is 8. The van der Waals surface area contributed by atoms with Gasteiger partial charge in [0.15, 0.2) is 0 Å². The maximum Gasteiger partial charge on any atom is 0.349 e. The zero-order chi connectivity index (χ0) is 12.4. The summed E-state index contributed by atoms with van der Waals surface area (Å²) in [5.41, 5.74) is 0.934. The normalized spacial score (nSPS) is 12.2. The van der Waals surface area contributed by atoms with Gasteiger partial charge in [0, 0.05) is 0 Å². The molecule has 0 atom stereocenters. The molecule has 0 amide bonds. The molecule has 0 bridgehead atoms. The lowest BCUT2D eigenvalue weighted by Gasteiger charge is -2.04. The fourth-order valence-electron chi connectivity index (χ4n) is 1.54. The van der Waals surface area contributed by atoms with Gasteiger partial charge in [0.2, 0.25) is 0 Å². The minimum absolute atomic E-state index is 0.246. The number of allylic oxidation sites excluding steroid dienone is 1. The van der Waals surface area contributed by atoms with Crippen molar-refractivity contribution in [3.8, 4) is 0 Å². The fraction of sp³-hybridized carbons (Fsp3) is 0.769. The SMILES string of the molecule is CCCCCCCC/C(C)=C(\Cl)C(=O)OC. The van der Waals surface area contributed by atoms with Crippen molar-refractivity contribution >= 4 is 17.6 Å². The van der Waals surface area contributed by atoms with Gasteiger partial charge < -0.3 is 4.74 Å². The van der Waals surface area contributed by atoms with Crippen molar-refractivity contribution in [3.63, 3.8) is 0 Å². The summed E-state index contributed by atoms with van der Waals surface area (Å²) in [5, 5.41) is 0.246. The second kappa shape index (κ2) is 9.71. The summed E-state index contributed by atoms with van der Waals surface area (Å²) in [5.74, 6) is -0.426. The van der Waals surface area contributed by atoms with E-state index < -0.39 is 5.97 Å². The van der Waals surface area contributed by atoms with E-state index in [4.69, 9.17) is 11.6 Å². The number of unbranched alkanes of at least 4 members (excludes halogenated alkanes) is 5. The Labute approximate surface area is 104 Å². The Morgan fingerprint density at radius 2 is 1.69 bits per heavy atom. The summed E-state index contributed by atoms with van der Waals surface area (Å²) in [6, 6.07) is 0. The number of carbonyl (C=O) groups is 1. The van der Waals surface area contributed by atoms with E-state index >= 15 is 0 Å². The first kappa shape index (κ1) is 15.5. The van der Waals surface area contributed by atoms with Crippen LogP contribution in [0, 0.1) is 0 Å². The Morgan fingerprint density at radius 3 is 2.25 bits per heavy atom. The highest BCUT2D eigenvalue weighted by atomic mass is 35.5. The van der Waals surface area contributed by atoms with Crippen LogP contribution in [0.25, 0.3) is 0 Å². The van der Waals surface area contributed by atoms with Crippen LogP contribution in [0.4, 0.5) is 0 Å². The molecule has 0 aliphatic rings. The van der Waals surface area contributed by atoms with Gasteiger partial charge in [0.1, 0.15) is 5.03 Å². The topological polar surface area (TPSA) is 26.3 Å². The zero-order valence-electron chi connectivity index (χ0n) is 10.6. The maximum absolute atomic E-state index is 11.1. The predicted molar refractivity (Wildman–Crippen MR) is 68.6 cm³/mol. The van der Waals surface area contributed by atoms with E-state index in [2.05, 4.69) is 11.7 Å². The fourth-order valence-corrected chi connectivity index (χ4v) is 1.72. The summed E-state index contributed by atoms with van der Waals surface area (Å²) in [6.07, 6.45) is 8.37. The van der Waals surface area contributed by atoms with Crippen LogP contribution in [0.3, 0.4) is 0 Å². The van der Waals surface area contributed by atoms with Crippen LogP contribution in [0.2, 0.25) is 0 Å². The third kappa shape index (κ3) is 6.89. The molecule has 0 N–H and O–H groups in total. The van der Waals surface area contributed by atoms with Gasteiger partial charge >= 0.3 is 5.97 Å². The van der Waals surface area contributed by atoms with Crippen LogP contribution in [0.15, 0.2) is 10.6 Å². The number of hydrogen-bond donors (Lipinski definition) is 0. The lowest BCUT2D eigenvalue weighted by atomic mass is 10.1. The lowest BCUT2D eigenvalue weighted by molar-refractivity contribution is -0.135. The first-order valence-electron chi connectivity index (χ1n) is 6.07. The minimum atomic E-state index is -0.426. The Hall–Kier alpha value is -0.500. The number of halogens is 1. The van der Waals surface area contributed by atoms with Gasteiger partial charge in [-0.05, 0) is 25.3 Å². The molecule has 0 rings (SSSR count).